The Balaban J connectivity index is -0.0000000111. The Morgan fingerprint density at radius 3 is 1.16 bits per heavy atom. The van der Waals surface area contributed by atoms with Crippen LogP contribution in [-0.2, 0) is 22.0 Å². The van der Waals surface area contributed by atoms with Crippen LogP contribution in [0.4, 0.5) is 0 Å². The molecule has 0 saturated carbocycles. The van der Waals surface area contributed by atoms with E-state index in [4.69, 9.17) is 17.4 Å². The van der Waals surface area contributed by atoms with E-state index in [1.54, 1.807) is 0 Å². The normalized spacial score (nSPS) is 4.92. The van der Waals surface area contributed by atoms with Crippen LogP contribution in [-0.4, -0.2) is 34.7 Å². The van der Waals surface area contributed by atoms with Crippen LogP contribution in [0.25, 0.3) is 0 Å². The molecule has 0 aromatic heterocycles. The molecule has 0 heterocycles. The van der Waals surface area contributed by atoms with E-state index in [-0.39, 0.29) is 90.0 Å². The van der Waals surface area contributed by atoms with Crippen molar-refractivity contribution >= 4 is 19.0 Å². The van der Waals surface area contributed by atoms with Gasteiger partial charge in [0, 0.05) is 15.0 Å². The molecule has 37 heavy (non-hydrogen) atoms. The Morgan fingerprint density at radius 1 is 0.703 bits per heavy atom. The first-order chi connectivity index (χ1) is 13.6. The molecule has 2 N–H and O–H groups in total. The van der Waals surface area contributed by atoms with Crippen molar-refractivity contribution in [3.63, 3.8) is 0 Å². The second-order valence-electron chi connectivity index (χ2n) is 3.04. The molecular formula is C29H78BNNaO4S. The first kappa shape index (κ1) is 109. The maximum atomic E-state index is 8.44. The minimum absolute atomic E-state index is 0. The van der Waals surface area contributed by atoms with Crippen LogP contribution >= 0.6 is 0 Å². The maximum Gasteiger partial charge on any atom is 1.00 e. The molecule has 5 nitrogen and oxygen atoms in total. The molecule has 0 spiro atoms. The Bertz CT molecular complexity index is 416. The summed E-state index contributed by atoms with van der Waals surface area (Å²) in [5.74, 6) is 0. The van der Waals surface area contributed by atoms with Crippen molar-refractivity contribution in [2.45, 2.75) is 141 Å². The number of aryl methyl sites for hydroxylation is 1. The molecule has 1 aromatic carbocycles. The van der Waals surface area contributed by atoms with Crippen LogP contribution in [0.5, 0.6) is 0 Å². The minimum atomic E-state index is -3.11. The van der Waals surface area contributed by atoms with Crippen LogP contribution in [0.15, 0.2) is 24.3 Å². The second-order valence-corrected chi connectivity index (χ2v) is 3.44. The zero-order valence-corrected chi connectivity index (χ0v) is 25.2. The van der Waals surface area contributed by atoms with Crippen molar-refractivity contribution in [1.29, 1.82) is 0 Å². The molecule has 0 saturated heterocycles. The number of hydrogen-bond acceptors (Lipinski definition) is 5. The van der Waals surface area contributed by atoms with E-state index >= 15 is 0 Å². The van der Waals surface area contributed by atoms with Crippen molar-refractivity contribution in [3.8, 4) is 0 Å². The van der Waals surface area contributed by atoms with Crippen molar-refractivity contribution in [1.82, 2.24) is 0 Å². The van der Waals surface area contributed by atoms with Crippen LogP contribution in [0.3, 0.4) is 0 Å². The van der Waals surface area contributed by atoms with Gasteiger partial charge in [0.25, 0.3) is 0 Å². The molecule has 3 radical (unpaired) electrons. The predicted molar refractivity (Wildman–Crippen MR) is 180 cm³/mol. The molecule has 233 valence electrons. The zero-order chi connectivity index (χ0) is 24.4. The van der Waals surface area contributed by atoms with E-state index in [0.29, 0.717) is 6.61 Å². The first-order valence-corrected chi connectivity index (χ1v) is 11.3. The summed E-state index contributed by atoms with van der Waals surface area (Å²) >= 11 is 0. The van der Waals surface area contributed by atoms with Crippen molar-refractivity contribution in [3.05, 3.63) is 42.3 Å². The molecule has 0 aliphatic rings. The van der Waals surface area contributed by atoms with Gasteiger partial charge in [-0.1, -0.05) is 145 Å². The number of nitrogens with two attached hydrogens (primary N) is 1. The van der Waals surface area contributed by atoms with Crippen molar-refractivity contribution in [2.75, 3.05) is 13.7 Å². The van der Waals surface area contributed by atoms with Gasteiger partial charge in [0.15, 0.2) is 0 Å². The van der Waals surface area contributed by atoms with Gasteiger partial charge in [-0.05, 0) is 25.1 Å². The van der Waals surface area contributed by atoms with Crippen LogP contribution in [0, 0.1) is 13.8 Å². The number of rotatable bonds is 4. The van der Waals surface area contributed by atoms with Gasteiger partial charge in [-0.25, -0.2) is 0 Å². The summed E-state index contributed by atoms with van der Waals surface area (Å²) in [5, 5.41) is 0. The third-order valence-corrected chi connectivity index (χ3v) is 1.81. The SMILES string of the molecule is C.C.C.C.C.C.C.CC.CC.CC.CC.CC.CN.O=S(=O)=O.[B].[CH2-]CCOCc1ccccc1C.[Na+]. The summed E-state index contributed by atoms with van der Waals surface area (Å²) < 4.78 is 30.7. The summed E-state index contributed by atoms with van der Waals surface area (Å²) in [5.41, 5.74) is 7.06. The van der Waals surface area contributed by atoms with E-state index in [1.807, 2.05) is 81.4 Å². The van der Waals surface area contributed by atoms with Crippen molar-refractivity contribution < 1.29 is 46.9 Å². The molecule has 0 aliphatic heterocycles. The average Bonchev–Trinajstić information content (AvgIpc) is 2.78. The molecule has 0 aliphatic carbocycles. The van der Waals surface area contributed by atoms with Gasteiger partial charge in [0.05, 0.1) is 6.61 Å². The Hall–Kier alpha value is -0.175. The monoisotopic (exact) mass is 571 g/mol. The van der Waals surface area contributed by atoms with Gasteiger partial charge in [-0.15, -0.1) is 12.6 Å². The standard InChI is InChI=1S/C11H15O.5C2H6.CH5N.7CH4.B.Na.O3S/c1-3-8-12-9-11-7-5-4-6-10(11)2;6*1-2;;;;;;;;;;1-4(2)3/h4-7H,1,3,8-9H2,2H3;5*1-2H3;2H2,1H3;7*1H4;;;/q-1;;;;;;;;;;;;;;;+1;. The van der Waals surface area contributed by atoms with E-state index < -0.39 is 10.6 Å². The second kappa shape index (κ2) is 153. The van der Waals surface area contributed by atoms with E-state index in [9.17, 15) is 0 Å². The molecule has 0 fully saturated rings. The largest absolute Gasteiger partial charge is 1.00 e. The molecule has 0 unspecified atom stereocenters. The zero-order valence-electron chi connectivity index (χ0n) is 22.3. The Labute approximate surface area is 267 Å². The first-order valence-electron chi connectivity index (χ1n) is 10.3. The minimum Gasteiger partial charge on any atom is -0.379 e. The van der Waals surface area contributed by atoms with Gasteiger partial charge in [-0.3, -0.25) is 0 Å². The molecule has 0 bridgehead atoms. The maximum absolute atomic E-state index is 8.44. The summed E-state index contributed by atoms with van der Waals surface area (Å²) in [6, 6.07) is 8.28. The summed E-state index contributed by atoms with van der Waals surface area (Å²) in [6.45, 7) is 27.3. The third-order valence-electron chi connectivity index (χ3n) is 1.81. The number of benzene rings is 1. The fourth-order valence-electron chi connectivity index (χ4n) is 1.06. The molecule has 0 amide bonds. The van der Waals surface area contributed by atoms with Crippen LogP contribution in [0.2, 0.25) is 0 Å². The van der Waals surface area contributed by atoms with E-state index in [0.717, 1.165) is 13.0 Å². The summed E-state index contributed by atoms with van der Waals surface area (Å²) in [6.07, 6.45) is 0.839. The summed E-state index contributed by atoms with van der Waals surface area (Å²) in [4.78, 5) is 0. The van der Waals surface area contributed by atoms with Gasteiger partial charge >= 0.3 is 40.2 Å². The van der Waals surface area contributed by atoms with Gasteiger partial charge < -0.3 is 17.4 Å². The molecule has 0 atom stereocenters. The van der Waals surface area contributed by atoms with E-state index in [1.165, 1.54) is 18.2 Å². The molecule has 1 aromatic rings. The smallest absolute Gasteiger partial charge is 0.379 e. The average molecular weight is 571 g/mol. The van der Waals surface area contributed by atoms with E-state index in [2.05, 4.69) is 31.7 Å². The Morgan fingerprint density at radius 2 is 0.946 bits per heavy atom. The predicted octanol–water partition coefficient (Wildman–Crippen LogP) is 7.51. The Kier molecular flexibility index (Phi) is 452. The molecule has 8 heteroatoms. The topological polar surface area (TPSA) is 86.5 Å². The summed E-state index contributed by atoms with van der Waals surface area (Å²) in [7, 11) is -1.61. The van der Waals surface area contributed by atoms with Gasteiger partial charge in [0.2, 0.25) is 0 Å². The van der Waals surface area contributed by atoms with Gasteiger partial charge in [-0.2, -0.15) is 6.42 Å². The third kappa shape index (κ3) is 164. The molecule has 1 rings (SSSR count). The van der Waals surface area contributed by atoms with Gasteiger partial charge in [0.1, 0.15) is 0 Å². The fourth-order valence-corrected chi connectivity index (χ4v) is 1.06. The van der Waals surface area contributed by atoms with Crippen LogP contribution in [0.1, 0.15) is 139 Å². The number of hydrogen-bond donors (Lipinski definition) is 1. The quantitative estimate of drug-likeness (QED) is 0.230. The number of ether oxygens (including phenoxy) is 1. The van der Waals surface area contributed by atoms with Crippen molar-refractivity contribution in [2.24, 2.45) is 5.73 Å². The fraction of sp³-hybridized carbons (Fsp3) is 0.759. The molecular weight excluding hydrogens is 492 g/mol. The van der Waals surface area contributed by atoms with Crippen LogP contribution < -0.4 is 35.3 Å².